The molecule has 0 aliphatic heterocycles. The van der Waals surface area contributed by atoms with Gasteiger partial charge in [-0.25, -0.2) is 0 Å². The molecule has 0 saturated heterocycles. The van der Waals surface area contributed by atoms with Crippen LogP contribution in [0.4, 0.5) is 0 Å². The quantitative estimate of drug-likeness (QED) is 0.745. The number of ether oxygens (including phenoxy) is 2. The predicted molar refractivity (Wildman–Crippen MR) is 76.2 cm³/mol. The highest BCUT2D eigenvalue weighted by Gasteiger charge is 2.04. The van der Waals surface area contributed by atoms with E-state index in [1.54, 1.807) is 0 Å². The maximum absolute atomic E-state index is 5.66. The number of hydrogen-bond acceptors (Lipinski definition) is 2. The molecule has 0 bridgehead atoms. The normalized spacial score (nSPS) is 10.8. The molecule has 2 nitrogen and oxygen atoms in total. The molecule has 1 radical (unpaired) electrons. The summed E-state index contributed by atoms with van der Waals surface area (Å²) in [5, 5.41) is 0. The lowest BCUT2D eigenvalue weighted by Gasteiger charge is -2.12. The van der Waals surface area contributed by atoms with Gasteiger partial charge in [-0.1, -0.05) is 60.7 Å². The molecular weight excluding hydrogens is 236 g/mol. The summed E-state index contributed by atoms with van der Waals surface area (Å²) in [6.45, 7) is 3.70. The molecule has 0 N–H and O–H groups in total. The molecule has 2 aromatic rings. The third-order valence-corrected chi connectivity index (χ3v) is 2.74. The van der Waals surface area contributed by atoms with Crippen LogP contribution < -0.4 is 0 Å². The van der Waals surface area contributed by atoms with Crippen LogP contribution in [-0.2, 0) is 22.7 Å². The van der Waals surface area contributed by atoms with E-state index in [0.717, 1.165) is 6.10 Å². The van der Waals surface area contributed by atoms with Gasteiger partial charge in [0.1, 0.15) is 6.10 Å². The largest absolute Gasteiger partial charge is 0.374 e. The van der Waals surface area contributed by atoms with Gasteiger partial charge in [0, 0.05) is 0 Å². The summed E-state index contributed by atoms with van der Waals surface area (Å²) in [6.07, 6.45) is 0.903. The van der Waals surface area contributed by atoms with Crippen LogP contribution in [-0.4, -0.2) is 6.61 Å². The molecule has 2 aromatic carbocycles. The van der Waals surface area contributed by atoms with Crippen molar-refractivity contribution >= 4 is 0 Å². The van der Waals surface area contributed by atoms with Gasteiger partial charge in [0.25, 0.3) is 0 Å². The van der Waals surface area contributed by atoms with Crippen molar-refractivity contribution in [2.75, 3.05) is 6.61 Å². The second kappa shape index (κ2) is 7.72. The van der Waals surface area contributed by atoms with E-state index in [9.17, 15) is 0 Å². The standard InChI is InChI=1S/C17H19O2/c1-15(19-14-17-10-6-3-7-11-17)12-18-13-16-8-4-2-5-9-16/h2-11H,12-14H2,1H3. The van der Waals surface area contributed by atoms with Gasteiger partial charge >= 0.3 is 0 Å². The van der Waals surface area contributed by atoms with Gasteiger partial charge in [-0.05, 0) is 18.1 Å². The molecule has 0 amide bonds. The lowest BCUT2D eigenvalue weighted by Crippen LogP contribution is -2.08. The van der Waals surface area contributed by atoms with E-state index in [1.165, 1.54) is 11.1 Å². The molecule has 0 heterocycles. The van der Waals surface area contributed by atoms with Crippen molar-refractivity contribution in [2.24, 2.45) is 0 Å². The molecule has 0 unspecified atom stereocenters. The fourth-order valence-electron chi connectivity index (χ4n) is 1.71. The first-order valence-corrected chi connectivity index (χ1v) is 6.45. The first kappa shape index (κ1) is 13.8. The van der Waals surface area contributed by atoms with Crippen LogP contribution in [0.25, 0.3) is 0 Å². The molecule has 0 fully saturated rings. The Morgan fingerprint density at radius 2 is 1.32 bits per heavy atom. The minimum atomic E-state index is 0.529. The summed E-state index contributed by atoms with van der Waals surface area (Å²) in [4.78, 5) is 0. The van der Waals surface area contributed by atoms with Crippen LogP contribution in [0.15, 0.2) is 60.7 Å². The summed E-state index contributed by atoms with van der Waals surface area (Å²) >= 11 is 0. The van der Waals surface area contributed by atoms with Crippen LogP contribution in [0.5, 0.6) is 0 Å². The van der Waals surface area contributed by atoms with Gasteiger partial charge in [-0.3, -0.25) is 0 Å². The van der Waals surface area contributed by atoms with Crippen molar-refractivity contribution in [3.05, 3.63) is 77.9 Å². The first-order valence-electron chi connectivity index (χ1n) is 6.45. The van der Waals surface area contributed by atoms with Gasteiger partial charge in [-0.15, -0.1) is 0 Å². The Kier molecular flexibility index (Phi) is 5.60. The molecule has 0 aromatic heterocycles. The van der Waals surface area contributed by atoms with Crippen LogP contribution in [0.3, 0.4) is 0 Å². The average molecular weight is 255 g/mol. The van der Waals surface area contributed by atoms with E-state index in [-0.39, 0.29) is 0 Å². The van der Waals surface area contributed by atoms with Gasteiger partial charge in [0.15, 0.2) is 0 Å². The molecule has 19 heavy (non-hydrogen) atoms. The minimum Gasteiger partial charge on any atom is -0.374 e. The smallest absolute Gasteiger partial charge is 0.120 e. The molecule has 0 spiro atoms. The van der Waals surface area contributed by atoms with Gasteiger partial charge < -0.3 is 9.47 Å². The number of hydrogen-bond donors (Lipinski definition) is 0. The lowest BCUT2D eigenvalue weighted by molar-refractivity contribution is 0.0425. The molecular formula is C17H19O2. The van der Waals surface area contributed by atoms with Crippen molar-refractivity contribution in [1.82, 2.24) is 0 Å². The van der Waals surface area contributed by atoms with E-state index >= 15 is 0 Å². The van der Waals surface area contributed by atoms with Crippen LogP contribution >= 0.6 is 0 Å². The highest BCUT2D eigenvalue weighted by atomic mass is 16.5. The Balaban J connectivity index is 1.64. The highest BCUT2D eigenvalue weighted by molar-refractivity contribution is 5.14. The van der Waals surface area contributed by atoms with Gasteiger partial charge in [0.2, 0.25) is 0 Å². The molecule has 0 aliphatic rings. The number of benzene rings is 2. The zero-order chi connectivity index (χ0) is 13.3. The summed E-state index contributed by atoms with van der Waals surface area (Å²) in [5.74, 6) is 0. The Hall–Kier alpha value is -1.64. The second-order valence-corrected chi connectivity index (χ2v) is 4.45. The van der Waals surface area contributed by atoms with Crippen molar-refractivity contribution in [2.45, 2.75) is 20.1 Å². The minimum absolute atomic E-state index is 0.529. The lowest BCUT2D eigenvalue weighted by atomic mass is 10.2. The Bertz CT molecular complexity index is 453. The highest BCUT2D eigenvalue weighted by Crippen LogP contribution is 2.09. The monoisotopic (exact) mass is 255 g/mol. The van der Waals surface area contributed by atoms with Crippen molar-refractivity contribution in [3.8, 4) is 0 Å². The topological polar surface area (TPSA) is 18.5 Å². The van der Waals surface area contributed by atoms with Crippen molar-refractivity contribution < 1.29 is 9.47 Å². The maximum Gasteiger partial charge on any atom is 0.120 e. The van der Waals surface area contributed by atoms with E-state index in [1.807, 2.05) is 43.3 Å². The molecule has 2 rings (SSSR count). The van der Waals surface area contributed by atoms with Crippen molar-refractivity contribution in [1.29, 1.82) is 0 Å². The molecule has 0 atom stereocenters. The predicted octanol–water partition coefficient (Wildman–Crippen LogP) is 3.97. The Labute approximate surface area is 115 Å². The summed E-state index contributed by atoms with van der Waals surface area (Å²) in [5.41, 5.74) is 2.35. The van der Waals surface area contributed by atoms with Crippen LogP contribution in [0, 0.1) is 6.10 Å². The average Bonchev–Trinajstić information content (AvgIpc) is 2.47. The Morgan fingerprint density at radius 3 is 1.89 bits per heavy atom. The van der Waals surface area contributed by atoms with Crippen molar-refractivity contribution in [3.63, 3.8) is 0 Å². The Morgan fingerprint density at radius 1 is 0.789 bits per heavy atom. The fourth-order valence-corrected chi connectivity index (χ4v) is 1.71. The summed E-state index contributed by atoms with van der Waals surface area (Å²) in [7, 11) is 0. The molecule has 99 valence electrons. The van der Waals surface area contributed by atoms with E-state index in [2.05, 4.69) is 24.3 Å². The number of rotatable bonds is 7. The third kappa shape index (κ3) is 5.25. The SMILES string of the molecule is C[C](COCc1ccccc1)OCc1ccccc1. The fraction of sp³-hybridized carbons (Fsp3) is 0.235. The maximum atomic E-state index is 5.66. The summed E-state index contributed by atoms with van der Waals surface area (Å²) < 4.78 is 11.3. The van der Waals surface area contributed by atoms with Gasteiger partial charge in [0.05, 0.1) is 19.8 Å². The van der Waals surface area contributed by atoms with E-state index in [4.69, 9.17) is 9.47 Å². The van der Waals surface area contributed by atoms with E-state index < -0.39 is 0 Å². The third-order valence-electron chi connectivity index (χ3n) is 2.74. The zero-order valence-electron chi connectivity index (χ0n) is 11.2. The molecule has 0 saturated carbocycles. The van der Waals surface area contributed by atoms with E-state index in [0.29, 0.717) is 19.8 Å². The molecule has 2 heteroatoms. The van der Waals surface area contributed by atoms with Crippen LogP contribution in [0.1, 0.15) is 18.1 Å². The second-order valence-electron chi connectivity index (χ2n) is 4.45. The van der Waals surface area contributed by atoms with Gasteiger partial charge in [-0.2, -0.15) is 0 Å². The van der Waals surface area contributed by atoms with Crippen LogP contribution in [0.2, 0.25) is 0 Å². The molecule has 0 aliphatic carbocycles. The zero-order valence-corrected chi connectivity index (χ0v) is 11.2. The first-order chi connectivity index (χ1) is 9.34. The summed E-state index contributed by atoms with van der Waals surface area (Å²) in [6, 6.07) is 20.3.